The van der Waals surface area contributed by atoms with Crippen molar-refractivity contribution in [2.45, 2.75) is 38.3 Å². The van der Waals surface area contributed by atoms with Crippen LogP contribution < -0.4 is 5.32 Å². The molecule has 1 aromatic heterocycles. The summed E-state index contributed by atoms with van der Waals surface area (Å²) >= 11 is 0. The van der Waals surface area contributed by atoms with Crippen molar-refractivity contribution in [3.05, 3.63) is 36.0 Å². The zero-order valence-corrected chi connectivity index (χ0v) is 16.3. The monoisotopic (exact) mass is 388 g/mol. The molecule has 1 fully saturated rings. The Labute approximate surface area is 162 Å². The van der Waals surface area contributed by atoms with Crippen LogP contribution in [0.15, 0.2) is 30.5 Å². The van der Waals surface area contributed by atoms with E-state index in [2.05, 4.69) is 10.3 Å². The Morgan fingerprint density at radius 3 is 2.64 bits per heavy atom. The molecule has 1 saturated heterocycles. The van der Waals surface area contributed by atoms with Gasteiger partial charge in [0.15, 0.2) is 5.92 Å². The molecule has 1 aliphatic rings. The zero-order chi connectivity index (χ0) is 20.5. The van der Waals surface area contributed by atoms with E-state index in [1.165, 1.54) is 7.11 Å². The van der Waals surface area contributed by atoms with E-state index in [9.17, 15) is 14.4 Å². The molecular weight excluding hydrogens is 364 g/mol. The van der Waals surface area contributed by atoms with Gasteiger partial charge in [-0.05, 0) is 32.4 Å². The van der Waals surface area contributed by atoms with Crippen molar-refractivity contribution in [1.29, 1.82) is 0 Å². The molecule has 0 radical (unpaired) electrons. The van der Waals surface area contributed by atoms with E-state index in [-0.39, 0.29) is 6.61 Å². The fourth-order valence-corrected chi connectivity index (χ4v) is 3.47. The molecule has 1 amide bonds. The molecule has 0 spiro atoms. The van der Waals surface area contributed by atoms with Crippen LogP contribution in [0.2, 0.25) is 0 Å². The van der Waals surface area contributed by atoms with Crippen molar-refractivity contribution in [2.75, 3.05) is 13.7 Å². The van der Waals surface area contributed by atoms with Gasteiger partial charge < -0.3 is 24.5 Å². The number of hydrogen-bond acceptors (Lipinski definition) is 6. The molecular formula is C20H24N2O6. The molecule has 1 aliphatic heterocycles. The molecule has 2 heterocycles. The Bertz CT molecular complexity index is 889. The summed E-state index contributed by atoms with van der Waals surface area (Å²) in [6.07, 6.45) is 1.09. The molecule has 150 valence electrons. The Kier molecular flexibility index (Phi) is 5.31. The molecule has 28 heavy (non-hydrogen) atoms. The summed E-state index contributed by atoms with van der Waals surface area (Å²) in [7, 11) is 1.22. The first-order chi connectivity index (χ1) is 13.2. The number of hydrogen-bond donors (Lipinski definition) is 2. The molecule has 2 aromatic rings. The minimum absolute atomic E-state index is 0.0737. The molecule has 0 unspecified atom stereocenters. The van der Waals surface area contributed by atoms with Crippen LogP contribution in [0, 0.1) is 5.92 Å². The predicted molar refractivity (Wildman–Crippen MR) is 101 cm³/mol. The van der Waals surface area contributed by atoms with Gasteiger partial charge in [-0.3, -0.25) is 9.59 Å². The van der Waals surface area contributed by atoms with Crippen LogP contribution in [0.4, 0.5) is 4.79 Å². The average Bonchev–Trinajstić information content (AvgIpc) is 3.04. The number of benzene rings is 1. The number of cyclic esters (lactones) is 1. The summed E-state index contributed by atoms with van der Waals surface area (Å²) in [5.41, 5.74) is 0.896. The molecule has 0 aliphatic carbocycles. The number of nitrogens with one attached hydrogen (secondary N) is 2. The van der Waals surface area contributed by atoms with Gasteiger partial charge in [0.25, 0.3) is 0 Å². The number of aromatic nitrogens is 1. The van der Waals surface area contributed by atoms with Crippen LogP contribution in [0.25, 0.3) is 10.9 Å². The summed E-state index contributed by atoms with van der Waals surface area (Å²) in [6.45, 7) is 5.18. The van der Waals surface area contributed by atoms with Crippen LogP contribution >= 0.6 is 0 Å². The highest BCUT2D eigenvalue weighted by molar-refractivity contribution is 5.98. The summed E-state index contributed by atoms with van der Waals surface area (Å²) in [5.74, 6) is -3.25. The van der Waals surface area contributed by atoms with E-state index >= 15 is 0 Å². The maximum atomic E-state index is 12.4. The third-order valence-electron chi connectivity index (χ3n) is 4.59. The van der Waals surface area contributed by atoms with E-state index in [4.69, 9.17) is 14.2 Å². The van der Waals surface area contributed by atoms with Gasteiger partial charge in [0.05, 0.1) is 13.2 Å². The van der Waals surface area contributed by atoms with Gasteiger partial charge in [-0.15, -0.1) is 0 Å². The topological polar surface area (TPSA) is 107 Å². The zero-order valence-electron chi connectivity index (χ0n) is 16.3. The SMILES string of the molecule is COC(=O)[C@@H]1C(=O)OC[C@H](NC(=O)OC(C)(C)C)[C@H]1c1c[nH]c2ccccc12. The molecule has 0 saturated carbocycles. The number of amides is 1. The van der Waals surface area contributed by atoms with E-state index in [1.807, 2.05) is 24.3 Å². The second kappa shape index (κ2) is 7.53. The minimum atomic E-state index is -1.20. The van der Waals surface area contributed by atoms with E-state index < -0.39 is 41.5 Å². The van der Waals surface area contributed by atoms with Gasteiger partial charge in [0.1, 0.15) is 12.2 Å². The number of fused-ring (bicyclic) bond motifs is 1. The fraction of sp³-hybridized carbons (Fsp3) is 0.450. The normalized spacial score (nSPS) is 22.4. The van der Waals surface area contributed by atoms with E-state index in [0.29, 0.717) is 0 Å². The van der Waals surface area contributed by atoms with Crippen LogP contribution in [-0.2, 0) is 23.8 Å². The summed E-state index contributed by atoms with van der Waals surface area (Å²) in [5, 5.41) is 3.60. The lowest BCUT2D eigenvalue weighted by atomic mass is 9.79. The van der Waals surface area contributed by atoms with Gasteiger partial charge >= 0.3 is 18.0 Å². The maximum Gasteiger partial charge on any atom is 0.408 e. The van der Waals surface area contributed by atoms with Crippen molar-refractivity contribution in [2.24, 2.45) is 5.92 Å². The largest absolute Gasteiger partial charge is 0.468 e. The number of rotatable bonds is 3. The standard InChI is InChI=1S/C20H24N2O6/c1-20(2,3)28-19(25)22-14-10-27-18(24)16(17(23)26-4)15(14)12-9-21-13-8-6-5-7-11(12)13/h5-9,14-16,21H,10H2,1-4H3,(H,22,25)/t14-,15+,16+/m0/s1. The summed E-state index contributed by atoms with van der Waals surface area (Å²) in [4.78, 5) is 40.3. The van der Waals surface area contributed by atoms with Crippen molar-refractivity contribution in [3.63, 3.8) is 0 Å². The van der Waals surface area contributed by atoms with Crippen LogP contribution in [0.3, 0.4) is 0 Å². The van der Waals surface area contributed by atoms with Gasteiger partial charge in [-0.25, -0.2) is 4.79 Å². The highest BCUT2D eigenvalue weighted by atomic mass is 16.6. The molecule has 3 atom stereocenters. The number of carbonyl (C=O) groups excluding carboxylic acids is 3. The quantitative estimate of drug-likeness (QED) is 0.475. The Hall–Kier alpha value is -3.03. The lowest BCUT2D eigenvalue weighted by molar-refractivity contribution is -0.167. The first-order valence-electron chi connectivity index (χ1n) is 9.01. The number of alkyl carbamates (subject to hydrolysis) is 1. The molecule has 0 bridgehead atoms. The number of aromatic amines is 1. The highest BCUT2D eigenvalue weighted by Gasteiger charge is 2.48. The molecule has 8 nitrogen and oxygen atoms in total. The maximum absolute atomic E-state index is 12.4. The minimum Gasteiger partial charge on any atom is -0.468 e. The van der Waals surface area contributed by atoms with Crippen molar-refractivity contribution in [3.8, 4) is 0 Å². The second-order valence-electron chi connectivity index (χ2n) is 7.70. The van der Waals surface area contributed by atoms with Crippen LogP contribution in [0.5, 0.6) is 0 Å². The summed E-state index contributed by atoms with van der Waals surface area (Å²) < 4.78 is 15.3. The van der Waals surface area contributed by atoms with Crippen molar-refractivity contribution < 1.29 is 28.6 Å². The van der Waals surface area contributed by atoms with E-state index in [1.54, 1.807) is 27.0 Å². The smallest absolute Gasteiger partial charge is 0.408 e. The van der Waals surface area contributed by atoms with E-state index in [0.717, 1.165) is 16.5 Å². The number of carbonyl (C=O) groups is 3. The number of H-pyrrole nitrogens is 1. The van der Waals surface area contributed by atoms with Crippen molar-refractivity contribution >= 4 is 28.9 Å². The van der Waals surface area contributed by atoms with Crippen molar-refractivity contribution in [1.82, 2.24) is 10.3 Å². The lowest BCUT2D eigenvalue weighted by Gasteiger charge is -2.36. The Morgan fingerprint density at radius 2 is 1.96 bits per heavy atom. The molecule has 2 N–H and O–H groups in total. The lowest BCUT2D eigenvalue weighted by Crippen LogP contribution is -2.53. The van der Waals surface area contributed by atoms with Gasteiger partial charge in [0, 0.05) is 23.0 Å². The number of methoxy groups -OCH3 is 1. The van der Waals surface area contributed by atoms with Gasteiger partial charge in [0.2, 0.25) is 0 Å². The average molecular weight is 388 g/mol. The Balaban J connectivity index is 2.01. The first-order valence-corrected chi connectivity index (χ1v) is 9.01. The number of esters is 2. The Morgan fingerprint density at radius 1 is 1.25 bits per heavy atom. The fourth-order valence-electron chi connectivity index (χ4n) is 3.47. The van der Waals surface area contributed by atoms with Gasteiger partial charge in [-0.2, -0.15) is 0 Å². The summed E-state index contributed by atoms with van der Waals surface area (Å²) in [6, 6.07) is 6.87. The number of ether oxygens (including phenoxy) is 3. The highest BCUT2D eigenvalue weighted by Crippen LogP contribution is 2.37. The number of para-hydroxylation sites is 1. The second-order valence-corrected chi connectivity index (χ2v) is 7.70. The third-order valence-corrected chi connectivity index (χ3v) is 4.59. The molecule has 8 heteroatoms. The third kappa shape index (κ3) is 3.95. The first kappa shape index (κ1) is 19.7. The van der Waals surface area contributed by atoms with Gasteiger partial charge in [-0.1, -0.05) is 18.2 Å². The predicted octanol–water partition coefficient (Wildman–Crippen LogP) is 2.49. The molecule has 3 rings (SSSR count). The molecule has 1 aromatic carbocycles. The van der Waals surface area contributed by atoms with Crippen LogP contribution in [-0.4, -0.2) is 48.4 Å². The van der Waals surface area contributed by atoms with Crippen LogP contribution in [0.1, 0.15) is 32.3 Å².